The van der Waals surface area contributed by atoms with Gasteiger partial charge in [0.15, 0.2) is 0 Å². The van der Waals surface area contributed by atoms with Gasteiger partial charge in [0.2, 0.25) is 0 Å². The highest BCUT2D eigenvalue weighted by molar-refractivity contribution is 5.94. The fraction of sp³-hybridized carbons (Fsp3) is 0.231. The molecule has 104 valence electrons. The van der Waals surface area contributed by atoms with Crippen molar-refractivity contribution in [3.05, 3.63) is 47.0 Å². The van der Waals surface area contributed by atoms with Gasteiger partial charge >= 0.3 is 5.97 Å². The molecule has 0 unspecified atom stereocenters. The largest absolute Gasteiger partial charge is 0.477 e. The Morgan fingerprint density at radius 2 is 2.05 bits per heavy atom. The van der Waals surface area contributed by atoms with E-state index in [2.05, 4.69) is 15.4 Å². The summed E-state index contributed by atoms with van der Waals surface area (Å²) < 4.78 is 1.67. The first-order valence-electron chi connectivity index (χ1n) is 5.95. The van der Waals surface area contributed by atoms with Gasteiger partial charge in [-0.05, 0) is 19.1 Å². The topological polar surface area (TPSA) is 97.1 Å². The molecular formula is C13H14N4O3. The van der Waals surface area contributed by atoms with E-state index >= 15 is 0 Å². The lowest BCUT2D eigenvalue weighted by Crippen LogP contribution is -2.24. The highest BCUT2D eigenvalue weighted by Gasteiger charge is 2.12. The predicted octanol–water partition coefficient (Wildman–Crippen LogP) is 0.752. The summed E-state index contributed by atoms with van der Waals surface area (Å²) in [4.78, 5) is 26.5. The van der Waals surface area contributed by atoms with Gasteiger partial charge < -0.3 is 10.4 Å². The number of carbonyl (C=O) groups excluding carboxylic acids is 1. The maximum Gasteiger partial charge on any atom is 0.354 e. The van der Waals surface area contributed by atoms with E-state index < -0.39 is 11.9 Å². The number of pyridine rings is 1. The highest BCUT2D eigenvalue weighted by atomic mass is 16.4. The van der Waals surface area contributed by atoms with Gasteiger partial charge in [0.05, 0.1) is 5.69 Å². The second-order valence-electron chi connectivity index (χ2n) is 4.31. The zero-order chi connectivity index (χ0) is 14.7. The third kappa shape index (κ3) is 3.00. The van der Waals surface area contributed by atoms with E-state index in [4.69, 9.17) is 5.11 Å². The van der Waals surface area contributed by atoms with Crippen molar-refractivity contribution in [1.82, 2.24) is 20.1 Å². The van der Waals surface area contributed by atoms with Crippen molar-refractivity contribution in [2.75, 3.05) is 0 Å². The lowest BCUT2D eigenvalue weighted by molar-refractivity contribution is 0.0690. The summed E-state index contributed by atoms with van der Waals surface area (Å²) in [5, 5.41) is 15.7. The van der Waals surface area contributed by atoms with Gasteiger partial charge in [-0.25, -0.2) is 9.78 Å². The second kappa shape index (κ2) is 5.52. The molecule has 0 aliphatic heterocycles. The number of carboxylic acids is 1. The zero-order valence-corrected chi connectivity index (χ0v) is 11.1. The summed E-state index contributed by atoms with van der Waals surface area (Å²) in [6.07, 6.45) is 1.82. The number of nitrogens with one attached hydrogen (secondary N) is 1. The smallest absolute Gasteiger partial charge is 0.354 e. The van der Waals surface area contributed by atoms with E-state index in [9.17, 15) is 9.59 Å². The maximum absolute atomic E-state index is 11.9. The third-order valence-electron chi connectivity index (χ3n) is 2.76. The van der Waals surface area contributed by atoms with E-state index in [-0.39, 0.29) is 11.4 Å². The van der Waals surface area contributed by atoms with Gasteiger partial charge in [0.1, 0.15) is 11.4 Å². The van der Waals surface area contributed by atoms with Gasteiger partial charge in [-0.2, -0.15) is 5.10 Å². The minimum atomic E-state index is -1.16. The van der Waals surface area contributed by atoms with Crippen LogP contribution in [0.5, 0.6) is 0 Å². The van der Waals surface area contributed by atoms with Gasteiger partial charge in [-0.3, -0.25) is 9.48 Å². The third-order valence-corrected chi connectivity index (χ3v) is 2.76. The maximum atomic E-state index is 11.9. The van der Waals surface area contributed by atoms with Crippen LogP contribution in [0.3, 0.4) is 0 Å². The van der Waals surface area contributed by atoms with Crippen LogP contribution in [0.2, 0.25) is 0 Å². The number of aromatic nitrogens is 3. The molecule has 2 heterocycles. The number of carbonyl (C=O) groups is 2. The minimum Gasteiger partial charge on any atom is -0.477 e. The Hall–Kier alpha value is -2.70. The van der Waals surface area contributed by atoms with Crippen LogP contribution in [0.15, 0.2) is 24.4 Å². The van der Waals surface area contributed by atoms with Crippen molar-refractivity contribution in [1.29, 1.82) is 0 Å². The van der Waals surface area contributed by atoms with Crippen molar-refractivity contribution in [3.63, 3.8) is 0 Å². The van der Waals surface area contributed by atoms with Crippen LogP contribution in [0.4, 0.5) is 0 Å². The number of aryl methyl sites for hydroxylation is 2. The van der Waals surface area contributed by atoms with E-state index in [1.807, 2.05) is 13.1 Å². The predicted molar refractivity (Wildman–Crippen MR) is 70.3 cm³/mol. The quantitative estimate of drug-likeness (QED) is 0.857. The molecule has 0 saturated heterocycles. The standard InChI is InChI=1S/C13H14N4O3/c1-8-9(7-17(2)16-8)6-14-12(18)10-4-3-5-11(15-10)13(19)20/h3-5,7H,6H2,1-2H3,(H,14,18)(H,19,20). The average molecular weight is 274 g/mol. The lowest BCUT2D eigenvalue weighted by Gasteiger charge is -2.04. The molecule has 7 nitrogen and oxygen atoms in total. The Kier molecular flexibility index (Phi) is 3.79. The summed E-state index contributed by atoms with van der Waals surface area (Å²) in [7, 11) is 1.80. The number of aromatic carboxylic acids is 1. The van der Waals surface area contributed by atoms with Crippen LogP contribution < -0.4 is 5.32 Å². The summed E-state index contributed by atoms with van der Waals surface area (Å²) >= 11 is 0. The first kappa shape index (κ1) is 13.7. The first-order valence-corrected chi connectivity index (χ1v) is 5.95. The number of hydrogen-bond acceptors (Lipinski definition) is 4. The molecule has 1 amide bonds. The van der Waals surface area contributed by atoms with Crippen LogP contribution in [0.25, 0.3) is 0 Å². The molecule has 0 saturated carbocycles. The van der Waals surface area contributed by atoms with Gasteiger partial charge in [0, 0.05) is 25.4 Å². The second-order valence-corrected chi connectivity index (χ2v) is 4.31. The first-order chi connectivity index (χ1) is 9.47. The molecule has 2 rings (SSSR count). The Morgan fingerprint density at radius 3 is 2.65 bits per heavy atom. The summed E-state index contributed by atoms with van der Waals surface area (Å²) in [5.74, 6) is -1.58. The van der Waals surface area contributed by atoms with Crippen molar-refractivity contribution >= 4 is 11.9 Å². The molecule has 2 N–H and O–H groups in total. The van der Waals surface area contributed by atoms with Crippen LogP contribution in [0.1, 0.15) is 32.2 Å². The molecule has 0 spiro atoms. The number of carboxylic acid groups (broad SMARTS) is 1. The fourth-order valence-corrected chi connectivity index (χ4v) is 1.77. The lowest BCUT2D eigenvalue weighted by atomic mass is 10.2. The van der Waals surface area contributed by atoms with Crippen LogP contribution in [-0.2, 0) is 13.6 Å². The molecule has 2 aromatic rings. The van der Waals surface area contributed by atoms with Crippen LogP contribution in [-0.4, -0.2) is 31.7 Å². The monoisotopic (exact) mass is 274 g/mol. The Bertz CT molecular complexity index is 663. The average Bonchev–Trinajstić information content (AvgIpc) is 2.74. The van der Waals surface area contributed by atoms with Crippen LogP contribution >= 0.6 is 0 Å². The normalized spacial score (nSPS) is 10.3. The van der Waals surface area contributed by atoms with Gasteiger partial charge in [0.25, 0.3) is 5.91 Å². The van der Waals surface area contributed by atoms with E-state index in [1.54, 1.807) is 11.7 Å². The van der Waals surface area contributed by atoms with Crippen molar-refractivity contribution in [2.24, 2.45) is 7.05 Å². The minimum absolute atomic E-state index is 0.0754. The van der Waals surface area contributed by atoms with E-state index in [0.29, 0.717) is 6.54 Å². The highest BCUT2D eigenvalue weighted by Crippen LogP contribution is 2.05. The Balaban J connectivity index is 2.07. The molecule has 7 heteroatoms. The number of amides is 1. The molecular weight excluding hydrogens is 260 g/mol. The molecule has 20 heavy (non-hydrogen) atoms. The Labute approximate surface area is 115 Å². The Morgan fingerprint density at radius 1 is 1.35 bits per heavy atom. The van der Waals surface area contributed by atoms with Gasteiger partial charge in [-0.1, -0.05) is 6.07 Å². The molecule has 0 radical (unpaired) electrons. The molecule has 0 aliphatic carbocycles. The number of nitrogens with zero attached hydrogens (tertiary/aromatic N) is 3. The van der Waals surface area contributed by atoms with Gasteiger partial charge in [-0.15, -0.1) is 0 Å². The van der Waals surface area contributed by atoms with Crippen molar-refractivity contribution in [2.45, 2.75) is 13.5 Å². The van der Waals surface area contributed by atoms with E-state index in [1.165, 1.54) is 18.2 Å². The van der Waals surface area contributed by atoms with E-state index in [0.717, 1.165) is 11.3 Å². The number of hydrogen-bond donors (Lipinski definition) is 2. The molecule has 0 bridgehead atoms. The summed E-state index contributed by atoms with van der Waals surface area (Å²) in [6, 6.07) is 4.29. The molecule has 0 fully saturated rings. The SMILES string of the molecule is Cc1nn(C)cc1CNC(=O)c1cccc(C(=O)O)n1. The zero-order valence-electron chi connectivity index (χ0n) is 11.1. The summed E-state index contributed by atoms with van der Waals surface area (Å²) in [5.41, 5.74) is 1.65. The molecule has 0 aromatic carbocycles. The van der Waals surface area contributed by atoms with Crippen LogP contribution in [0, 0.1) is 6.92 Å². The molecule has 0 atom stereocenters. The molecule has 2 aromatic heterocycles. The van der Waals surface area contributed by atoms with Crippen molar-refractivity contribution in [3.8, 4) is 0 Å². The number of rotatable bonds is 4. The van der Waals surface area contributed by atoms with Crippen molar-refractivity contribution < 1.29 is 14.7 Å². The summed E-state index contributed by atoms with van der Waals surface area (Å²) in [6.45, 7) is 2.17. The molecule has 0 aliphatic rings. The fourth-order valence-electron chi connectivity index (χ4n) is 1.77.